The molecule has 1 N–H and O–H groups in total. The highest BCUT2D eigenvalue weighted by Crippen LogP contribution is 2.46. The maximum absolute atomic E-state index is 13.5. The van der Waals surface area contributed by atoms with Crippen LogP contribution in [0.4, 0.5) is 18.9 Å². The van der Waals surface area contributed by atoms with Crippen molar-refractivity contribution < 1.29 is 18.0 Å². The first kappa shape index (κ1) is 26.9. The Bertz CT molecular complexity index is 999. The van der Waals surface area contributed by atoms with Gasteiger partial charge in [-0.15, -0.1) is 11.8 Å². The number of thioether (sulfide) groups is 1. The highest BCUT2D eigenvalue weighted by Gasteiger charge is 2.35. The van der Waals surface area contributed by atoms with Crippen LogP contribution in [0.5, 0.6) is 0 Å². The van der Waals surface area contributed by atoms with Gasteiger partial charge in [-0.1, -0.05) is 25.4 Å². The minimum atomic E-state index is -1.57. The lowest BCUT2D eigenvalue weighted by atomic mass is 9.97. The van der Waals surface area contributed by atoms with Crippen LogP contribution in [0.3, 0.4) is 0 Å². The number of hydrogen-bond acceptors (Lipinski definition) is 3. The second-order valence-electron chi connectivity index (χ2n) is 9.32. The van der Waals surface area contributed by atoms with Gasteiger partial charge in [-0.3, -0.25) is 4.79 Å². The molecule has 3 nitrogen and oxygen atoms in total. The molecule has 1 fully saturated rings. The average Bonchev–Trinajstić information content (AvgIpc) is 3.12. The van der Waals surface area contributed by atoms with E-state index in [0.29, 0.717) is 33.7 Å². The van der Waals surface area contributed by atoms with Gasteiger partial charge in [0.25, 0.3) is 5.91 Å². The van der Waals surface area contributed by atoms with E-state index in [1.807, 2.05) is 0 Å². The van der Waals surface area contributed by atoms with Gasteiger partial charge in [0.2, 0.25) is 0 Å². The number of halogens is 4. The van der Waals surface area contributed by atoms with Crippen LogP contribution in [0.1, 0.15) is 56.8 Å². The number of hydrogen-bond donors (Lipinski definition) is 1. The number of anilines is 1. The van der Waals surface area contributed by atoms with E-state index in [-0.39, 0.29) is 5.69 Å². The first-order valence-corrected chi connectivity index (χ1v) is 13.0. The Hall–Kier alpha value is -1.70. The van der Waals surface area contributed by atoms with Crippen molar-refractivity contribution in [2.75, 3.05) is 18.9 Å². The molecule has 0 radical (unpaired) electrons. The molecule has 186 valence electrons. The van der Waals surface area contributed by atoms with Crippen LogP contribution >= 0.6 is 23.4 Å². The Kier molecular flexibility index (Phi) is 9.35. The molecule has 0 aromatic heterocycles. The number of amides is 1. The summed E-state index contributed by atoms with van der Waals surface area (Å²) in [5.74, 6) is -3.76. The summed E-state index contributed by atoms with van der Waals surface area (Å²) in [6, 6.07) is 6.94. The molecule has 2 aromatic rings. The molecular weight excluding hydrogens is 481 g/mol. The summed E-state index contributed by atoms with van der Waals surface area (Å²) in [6.07, 6.45) is 4.56. The van der Waals surface area contributed by atoms with Gasteiger partial charge in [-0.2, -0.15) is 0 Å². The van der Waals surface area contributed by atoms with Crippen LogP contribution in [0.2, 0.25) is 5.02 Å². The predicted molar refractivity (Wildman–Crippen MR) is 134 cm³/mol. The van der Waals surface area contributed by atoms with Crippen LogP contribution in [0, 0.1) is 29.3 Å². The molecule has 1 saturated carbocycles. The third kappa shape index (κ3) is 6.49. The highest BCUT2D eigenvalue weighted by molar-refractivity contribution is 8.00. The fraction of sp³-hybridized carbons (Fsp3) is 0.500. The number of carbonyl (C=O) groups is 1. The molecule has 34 heavy (non-hydrogen) atoms. The lowest BCUT2D eigenvalue weighted by Gasteiger charge is -2.30. The molecule has 0 saturated heterocycles. The van der Waals surface area contributed by atoms with E-state index in [4.69, 9.17) is 11.6 Å². The van der Waals surface area contributed by atoms with Crippen molar-refractivity contribution in [1.29, 1.82) is 0 Å². The Morgan fingerprint density at radius 3 is 2.53 bits per heavy atom. The summed E-state index contributed by atoms with van der Waals surface area (Å²) in [5.41, 5.74) is 0.163. The first-order chi connectivity index (χ1) is 16.1. The summed E-state index contributed by atoms with van der Waals surface area (Å²) in [6.45, 7) is 7.80. The summed E-state index contributed by atoms with van der Waals surface area (Å²) in [7, 11) is 2.17. The summed E-state index contributed by atoms with van der Waals surface area (Å²) < 4.78 is 40.2. The molecule has 0 bridgehead atoms. The quantitative estimate of drug-likeness (QED) is 0.350. The number of nitrogens with one attached hydrogen (secondary N) is 1. The molecule has 0 spiro atoms. The van der Waals surface area contributed by atoms with E-state index < -0.39 is 23.4 Å². The summed E-state index contributed by atoms with van der Waals surface area (Å²) in [5, 5.41) is 3.38. The van der Waals surface area contributed by atoms with Crippen LogP contribution in [-0.2, 0) is 0 Å². The van der Waals surface area contributed by atoms with Crippen molar-refractivity contribution in [2.24, 2.45) is 11.8 Å². The zero-order valence-electron chi connectivity index (χ0n) is 20.0. The van der Waals surface area contributed by atoms with Crippen molar-refractivity contribution >= 4 is 35.0 Å². The normalized spacial score (nSPS) is 21.1. The Labute approximate surface area is 209 Å². The van der Waals surface area contributed by atoms with Crippen molar-refractivity contribution in [3.8, 4) is 0 Å². The standard InChI is InChI=1S/C26H32ClF3N2OS/c1-5-10-32(4)16(3)11-17-7-6-15(2)25(17)34-23-12-18(8-9-20(23)27)26(33)31-19-13-21(28)24(30)22(29)14-19/h8-9,12-17,25H,5-7,10-11H2,1-4H3,(H,31,33). The van der Waals surface area contributed by atoms with Gasteiger partial charge in [0.15, 0.2) is 17.5 Å². The van der Waals surface area contributed by atoms with Crippen molar-refractivity contribution in [2.45, 2.75) is 62.6 Å². The number of benzene rings is 2. The Balaban J connectivity index is 1.74. The van der Waals surface area contributed by atoms with Gasteiger partial charge >= 0.3 is 0 Å². The fourth-order valence-electron chi connectivity index (χ4n) is 4.64. The molecule has 1 aliphatic rings. The molecular formula is C26H32ClF3N2OS. The molecule has 4 atom stereocenters. The zero-order chi connectivity index (χ0) is 25.0. The number of carbonyl (C=O) groups excluding carboxylic acids is 1. The van der Waals surface area contributed by atoms with Gasteiger partial charge in [-0.05, 0) is 76.2 Å². The highest BCUT2D eigenvalue weighted by atomic mass is 35.5. The van der Waals surface area contributed by atoms with E-state index >= 15 is 0 Å². The van der Waals surface area contributed by atoms with E-state index in [0.717, 1.165) is 42.8 Å². The number of rotatable bonds is 9. The molecule has 0 heterocycles. The minimum absolute atomic E-state index is 0.153. The Morgan fingerprint density at radius 1 is 1.21 bits per heavy atom. The van der Waals surface area contributed by atoms with Crippen molar-refractivity contribution in [1.82, 2.24) is 4.90 Å². The predicted octanol–water partition coefficient (Wildman–Crippen LogP) is 7.64. The molecule has 3 rings (SSSR count). The largest absolute Gasteiger partial charge is 0.322 e. The average molecular weight is 513 g/mol. The van der Waals surface area contributed by atoms with E-state index in [1.54, 1.807) is 30.0 Å². The number of nitrogens with zero attached hydrogens (tertiary/aromatic N) is 1. The van der Waals surface area contributed by atoms with Crippen LogP contribution in [0.15, 0.2) is 35.2 Å². The Morgan fingerprint density at radius 2 is 1.88 bits per heavy atom. The van der Waals surface area contributed by atoms with E-state index in [9.17, 15) is 18.0 Å². The SMILES string of the molecule is CCCN(C)C(C)CC1CCC(C)C1Sc1cc(C(=O)Nc2cc(F)c(F)c(F)c2)ccc1Cl. The topological polar surface area (TPSA) is 32.3 Å². The maximum Gasteiger partial charge on any atom is 0.255 e. The zero-order valence-corrected chi connectivity index (χ0v) is 21.6. The van der Waals surface area contributed by atoms with Crippen LogP contribution in [0.25, 0.3) is 0 Å². The van der Waals surface area contributed by atoms with Gasteiger partial charge in [0, 0.05) is 39.6 Å². The third-order valence-electron chi connectivity index (χ3n) is 6.69. The van der Waals surface area contributed by atoms with Crippen molar-refractivity contribution in [3.05, 3.63) is 58.4 Å². The van der Waals surface area contributed by atoms with Gasteiger partial charge in [0.05, 0.1) is 5.02 Å². The van der Waals surface area contributed by atoms with Gasteiger partial charge in [-0.25, -0.2) is 13.2 Å². The van der Waals surface area contributed by atoms with Gasteiger partial charge in [0.1, 0.15) is 0 Å². The second kappa shape index (κ2) is 11.8. The van der Waals surface area contributed by atoms with Crippen LogP contribution < -0.4 is 5.32 Å². The first-order valence-electron chi connectivity index (χ1n) is 11.7. The molecule has 0 aliphatic heterocycles. The smallest absolute Gasteiger partial charge is 0.255 e. The van der Waals surface area contributed by atoms with Crippen LogP contribution in [-0.4, -0.2) is 35.7 Å². The molecule has 1 amide bonds. The molecule has 4 unspecified atom stereocenters. The minimum Gasteiger partial charge on any atom is -0.322 e. The van der Waals surface area contributed by atoms with Gasteiger partial charge < -0.3 is 10.2 Å². The second-order valence-corrected chi connectivity index (χ2v) is 10.9. The molecule has 2 aromatic carbocycles. The van der Waals surface area contributed by atoms with Crippen molar-refractivity contribution in [3.63, 3.8) is 0 Å². The van der Waals surface area contributed by atoms with E-state index in [1.165, 1.54) is 6.42 Å². The lowest BCUT2D eigenvalue weighted by molar-refractivity contribution is 0.102. The molecule has 8 heteroatoms. The monoisotopic (exact) mass is 512 g/mol. The van der Waals surface area contributed by atoms with E-state index in [2.05, 4.69) is 38.0 Å². The lowest BCUT2D eigenvalue weighted by Crippen LogP contribution is -2.33. The fourth-order valence-corrected chi connectivity index (χ4v) is 6.37. The third-order valence-corrected chi connectivity index (χ3v) is 8.84. The maximum atomic E-state index is 13.5. The summed E-state index contributed by atoms with van der Waals surface area (Å²) >= 11 is 8.20. The molecule has 1 aliphatic carbocycles. The summed E-state index contributed by atoms with van der Waals surface area (Å²) in [4.78, 5) is 15.9.